The number of hydrogen-bond donors (Lipinski definition) is 2. The van der Waals surface area contributed by atoms with Crippen molar-refractivity contribution in [2.24, 2.45) is 5.73 Å². The second kappa shape index (κ2) is 8.86. The van der Waals surface area contributed by atoms with Crippen LogP contribution < -0.4 is 5.73 Å². The zero-order valence-corrected chi connectivity index (χ0v) is 3.65. The fourth-order valence-electron chi connectivity index (χ4n) is 0.0913. The summed E-state index contributed by atoms with van der Waals surface area (Å²) in [6.07, 6.45) is 0.722. The maximum absolute atomic E-state index is 7.99. The van der Waals surface area contributed by atoms with E-state index in [1.807, 2.05) is 0 Å². The number of nitrogens with two attached hydrogens (primary N) is 1. The lowest BCUT2D eigenvalue weighted by Gasteiger charge is -1.80. The molecule has 0 aromatic carbocycles. The second-order valence-corrected chi connectivity index (χ2v) is 0.866. The predicted molar refractivity (Wildman–Crippen MR) is 24.4 cm³/mol. The van der Waals surface area contributed by atoms with Gasteiger partial charge >= 0.3 is 0 Å². The first-order valence-corrected chi connectivity index (χ1v) is 1.72. The maximum Gasteiger partial charge on any atom is 0.0443 e. The molecule has 0 bridgehead atoms. The van der Waals surface area contributed by atoms with Crippen molar-refractivity contribution in [1.82, 2.24) is 0 Å². The van der Waals surface area contributed by atoms with Crippen molar-refractivity contribution in [3.05, 3.63) is 0 Å². The van der Waals surface area contributed by atoms with Crippen LogP contribution in [0.5, 0.6) is 0 Å². The number of hydrogen-bond acceptors (Lipinski definition) is 2. The van der Waals surface area contributed by atoms with E-state index in [9.17, 15) is 0 Å². The predicted octanol–water partition coefficient (Wildman–Crippen LogP) is -1.50. The topological polar surface area (TPSA) is 77.8 Å². The summed E-state index contributed by atoms with van der Waals surface area (Å²) in [6.45, 7) is 0.812. The Morgan fingerprint density at radius 2 is 2.00 bits per heavy atom. The SMILES string of the molecule is NCCCO.O. The zero-order chi connectivity index (χ0) is 4.12. The van der Waals surface area contributed by atoms with Gasteiger partial charge in [-0.3, -0.25) is 0 Å². The van der Waals surface area contributed by atoms with Gasteiger partial charge in [-0.25, -0.2) is 0 Å². The van der Waals surface area contributed by atoms with Crippen LogP contribution in [0.25, 0.3) is 0 Å². The van der Waals surface area contributed by atoms with Crippen LogP contribution in [0.4, 0.5) is 0 Å². The van der Waals surface area contributed by atoms with E-state index >= 15 is 0 Å². The molecule has 0 aliphatic carbocycles. The van der Waals surface area contributed by atoms with E-state index in [1.54, 1.807) is 0 Å². The van der Waals surface area contributed by atoms with E-state index < -0.39 is 0 Å². The molecule has 40 valence electrons. The van der Waals surface area contributed by atoms with Crippen molar-refractivity contribution < 1.29 is 10.6 Å². The van der Waals surface area contributed by atoms with Crippen LogP contribution in [-0.2, 0) is 0 Å². The second-order valence-electron chi connectivity index (χ2n) is 0.866. The highest BCUT2D eigenvalue weighted by Gasteiger charge is 1.69. The Balaban J connectivity index is 0. The molecule has 0 fully saturated rings. The fourth-order valence-corrected chi connectivity index (χ4v) is 0.0913. The molecule has 0 radical (unpaired) electrons. The molecule has 3 heteroatoms. The Morgan fingerprint density at radius 3 is 2.00 bits per heavy atom. The lowest BCUT2D eigenvalue weighted by Crippen LogP contribution is -1.99. The monoisotopic (exact) mass is 93.1 g/mol. The molecular weight excluding hydrogens is 82.0 g/mol. The molecule has 0 aliphatic heterocycles. The van der Waals surface area contributed by atoms with E-state index in [0.717, 1.165) is 6.42 Å². The van der Waals surface area contributed by atoms with Crippen LogP contribution in [0.1, 0.15) is 6.42 Å². The first-order chi connectivity index (χ1) is 2.41. The highest BCUT2D eigenvalue weighted by Crippen LogP contribution is 1.62. The molecule has 0 unspecified atom stereocenters. The van der Waals surface area contributed by atoms with Crippen LogP contribution >= 0.6 is 0 Å². The number of aliphatic hydroxyl groups is 1. The zero-order valence-electron chi connectivity index (χ0n) is 3.65. The molecule has 0 saturated carbocycles. The maximum atomic E-state index is 7.99. The smallest absolute Gasteiger partial charge is 0.0443 e. The van der Waals surface area contributed by atoms with Gasteiger partial charge < -0.3 is 16.3 Å². The average molecular weight is 93.1 g/mol. The highest BCUT2D eigenvalue weighted by molar-refractivity contribution is 4.28. The highest BCUT2D eigenvalue weighted by atomic mass is 16.2. The molecule has 0 atom stereocenters. The summed E-state index contributed by atoms with van der Waals surface area (Å²) in [5.41, 5.74) is 4.98. The average Bonchev–Trinajstić information content (AvgIpc) is 1.41. The molecular formula is C3H11NO2. The molecule has 3 nitrogen and oxygen atoms in total. The van der Waals surface area contributed by atoms with Gasteiger partial charge in [-0.2, -0.15) is 0 Å². The molecule has 0 aromatic heterocycles. The van der Waals surface area contributed by atoms with Gasteiger partial charge in [0.05, 0.1) is 0 Å². The number of rotatable bonds is 2. The van der Waals surface area contributed by atoms with Gasteiger partial charge in [-0.05, 0) is 13.0 Å². The van der Waals surface area contributed by atoms with E-state index in [0.29, 0.717) is 6.54 Å². The van der Waals surface area contributed by atoms with Crippen molar-refractivity contribution in [3.8, 4) is 0 Å². The van der Waals surface area contributed by atoms with E-state index in [4.69, 9.17) is 10.8 Å². The van der Waals surface area contributed by atoms with Crippen molar-refractivity contribution in [3.63, 3.8) is 0 Å². The molecule has 0 rings (SSSR count). The third-order valence-corrected chi connectivity index (χ3v) is 0.362. The molecule has 0 amide bonds. The number of aliphatic hydroxyl groups excluding tert-OH is 1. The van der Waals surface area contributed by atoms with Gasteiger partial charge in [0.15, 0.2) is 0 Å². The Morgan fingerprint density at radius 1 is 1.50 bits per heavy atom. The molecule has 0 saturated heterocycles. The quantitative estimate of drug-likeness (QED) is 0.436. The largest absolute Gasteiger partial charge is 0.412 e. The normalized spacial score (nSPS) is 7.00. The van der Waals surface area contributed by atoms with Crippen molar-refractivity contribution in [1.29, 1.82) is 0 Å². The minimum atomic E-state index is 0. The summed E-state index contributed by atoms with van der Waals surface area (Å²) >= 11 is 0. The molecule has 5 N–H and O–H groups in total. The molecule has 0 heterocycles. The summed E-state index contributed by atoms with van der Waals surface area (Å²) in [5.74, 6) is 0. The lowest BCUT2D eigenvalue weighted by atomic mass is 10.5. The van der Waals surface area contributed by atoms with Gasteiger partial charge in [0, 0.05) is 6.61 Å². The summed E-state index contributed by atoms with van der Waals surface area (Å²) in [7, 11) is 0. The Kier molecular flexibility index (Phi) is 13.7. The van der Waals surface area contributed by atoms with Crippen LogP contribution in [0.2, 0.25) is 0 Å². The molecule has 6 heavy (non-hydrogen) atoms. The van der Waals surface area contributed by atoms with Gasteiger partial charge in [-0.1, -0.05) is 0 Å². The van der Waals surface area contributed by atoms with Crippen LogP contribution in [0.3, 0.4) is 0 Å². The molecule has 0 spiro atoms. The minimum Gasteiger partial charge on any atom is -0.412 e. The first kappa shape index (κ1) is 9.30. The molecule has 0 aromatic rings. The Hall–Kier alpha value is -0.120. The summed E-state index contributed by atoms with van der Waals surface area (Å²) in [5, 5.41) is 7.99. The third kappa shape index (κ3) is 9.11. The standard InChI is InChI=1S/C3H9NO.H2O/c4-2-1-3-5;/h5H,1-4H2;1H2. The minimum absolute atomic E-state index is 0. The Labute approximate surface area is 37.1 Å². The van der Waals surface area contributed by atoms with Gasteiger partial charge in [0.25, 0.3) is 0 Å². The van der Waals surface area contributed by atoms with Gasteiger partial charge in [0.1, 0.15) is 0 Å². The fraction of sp³-hybridized carbons (Fsp3) is 1.00. The van der Waals surface area contributed by atoms with E-state index in [2.05, 4.69) is 0 Å². The first-order valence-electron chi connectivity index (χ1n) is 1.72. The summed E-state index contributed by atoms with van der Waals surface area (Å²) in [6, 6.07) is 0. The van der Waals surface area contributed by atoms with Gasteiger partial charge in [0.2, 0.25) is 0 Å². The van der Waals surface area contributed by atoms with Crippen LogP contribution in [0, 0.1) is 0 Å². The van der Waals surface area contributed by atoms with Crippen molar-refractivity contribution in [2.45, 2.75) is 6.42 Å². The van der Waals surface area contributed by atoms with E-state index in [-0.39, 0.29) is 12.1 Å². The third-order valence-electron chi connectivity index (χ3n) is 0.362. The molecule has 0 aliphatic rings. The van der Waals surface area contributed by atoms with Crippen molar-refractivity contribution in [2.75, 3.05) is 13.2 Å². The van der Waals surface area contributed by atoms with E-state index in [1.165, 1.54) is 0 Å². The Bertz CT molecular complexity index is 16.3. The van der Waals surface area contributed by atoms with Gasteiger partial charge in [-0.15, -0.1) is 0 Å². The lowest BCUT2D eigenvalue weighted by molar-refractivity contribution is 0.291. The van der Waals surface area contributed by atoms with Crippen molar-refractivity contribution >= 4 is 0 Å². The summed E-state index contributed by atoms with van der Waals surface area (Å²) < 4.78 is 0. The van der Waals surface area contributed by atoms with Crippen LogP contribution in [0.15, 0.2) is 0 Å². The van der Waals surface area contributed by atoms with Crippen LogP contribution in [-0.4, -0.2) is 23.7 Å². The summed E-state index contributed by atoms with van der Waals surface area (Å²) in [4.78, 5) is 0.